The topological polar surface area (TPSA) is 50.2 Å². The Bertz CT molecular complexity index is 1820. The average molecular weight is 853 g/mol. The molecule has 50 heavy (non-hydrogen) atoms. The normalized spacial score (nSPS) is 16.3. The molecule has 273 valence electrons. The number of allylic oxidation sites excluding steroid dienone is 2. The second kappa shape index (κ2) is 16.2. The summed E-state index contributed by atoms with van der Waals surface area (Å²) in [4.78, 5) is 16.5. The van der Waals surface area contributed by atoms with Crippen molar-refractivity contribution in [2.75, 3.05) is 0 Å². The van der Waals surface area contributed by atoms with E-state index in [0.717, 1.165) is 16.8 Å². The Morgan fingerprint density at radius 3 is 2.12 bits per heavy atom. The van der Waals surface area contributed by atoms with Gasteiger partial charge in [-0.15, -0.1) is 29.1 Å². The van der Waals surface area contributed by atoms with Gasteiger partial charge in [-0.1, -0.05) is 117 Å². The quantitative estimate of drug-likeness (QED) is 0.114. The van der Waals surface area contributed by atoms with Crippen LogP contribution in [0.1, 0.15) is 136 Å². The molecule has 3 aromatic carbocycles. The number of carbonyl (C=O) groups excluding carboxylic acids is 1. The summed E-state index contributed by atoms with van der Waals surface area (Å²) in [5.41, 5.74) is 9.44. The van der Waals surface area contributed by atoms with Crippen LogP contribution >= 0.6 is 0 Å². The number of benzene rings is 3. The van der Waals surface area contributed by atoms with Gasteiger partial charge >= 0.3 is 0 Å². The van der Waals surface area contributed by atoms with Gasteiger partial charge in [-0.25, -0.2) is 0 Å². The maximum atomic E-state index is 11.2. The van der Waals surface area contributed by atoms with Crippen molar-refractivity contribution in [1.82, 2.24) is 4.98 Å². The minimum Gasteiger partial charge on any atom is -0.512 e. The van der Waals surface area contributed by atoms with Crippen LogP contribution in [0.3, 0.4) is 0 Å². The first-order valence-electron chi connectivity index (χ1n) is 18.4. The molecule has 0 atom stereocenters. The predicted molar refractivity (Wildman–Crippen MR) is 210 cm³/mol. The van der Waals surface area contributed by atoms with E-state index in [1.807, 2.05) is 27.7 Å². The van der Waals surface area contributed by atoms with Crippen molar-refractivity contribution in [3.05, 3.63) is 88.7 Å². The Hall–Kier alpha value is -2.81. The largest absolute Gasteiger partial charge is 0.512 e. The molecule has 0 saturated heterocycles. The first-order chi connectivity index (χ1) is 22.6. The summed E-state index contributed by atoms with van der Waals surface area (Å²) >= 11 is 0. The van der Waals surface area contributed by atoms with Crippen LogP contribution in [-0.4, -0.2) is 15.9 Å². The second-order valence-electron chi connectivity index (χ2n) is 18.4. The number of aliphatic hydroxyl groups excluding tert-OH is 1. The van der Waals surface area contributed by atoms with Crippen molar-refractivity contribution in [1.29, 1.82) is 0 Å². The van der Waals surface area contributed by atoms with Gasteiger partial charge in [-0.05, 0) is 89.9 Å². The van der Waals surface area contributed by atoms with Crippen molar-refractivity contribution in [2.24, 2.45) is 22.7 Å². The summed E-state index contributed by atoms with van der Waals surface area (Å²) in [6.07, 6.45) is 6.18. The molecule has 1 radical (unpaired) electrons. The zero-order valence-electron chi connectivity index (χ0n) is 33.1. The first-order valence-corrected chi connectivity index (χ1v) is 18.4. The molecule has 0 unspecified atom stereocenters. The van der Waals surface area contributed by atoms with Crippen molar-refractivity contribution in [3.8, 4) is 11.3 Å². The monoisotopic (exact) mass is 853 g/mol. The minimum absolute atomic E-state index is 0. The number of carbonyl (C=O) groups is 1. The Balaban J connectivity index is 0.000000414. The Kier molecular flexibility index (Phi) is 13.5. The number of aryl methyl sites for hydroxylation is 2. The van der Waals surface area contributed by atoms with Gasteiger partial charge in [0.2, 0.25) is 0 Å². The van der Waals surface area contributed by atoms with Gasteiger partial charge in [0.1, 0.15) is 0 Å². The zero-order valence-corrected chi connectivity index (χ0v) is 35.5. The van der Waals surface area contributed by atoms with E-state index in [9.17, 15) is 9.90 Å². The van der Waals surface area contributed by atoms with Crippen LogP contribution in [0.25, 0.3) is 32.9 Å². The molecular formula is C46H62IrNO2-. The molecule has 1 aliphatic rings. The van der Waals surface area contributed by atoms with Gasteiger partial charge in [0, 0.05) is 50.1 Å². The summed E-state index contributed by atoms with van der Waals surface area (Å²) in [5, 5.41) is 13.2. The van der Waals surface area contributed by atoms with E-state index in [4.69, 9.17) is 4.98 Å². The molecule has 4 aromatic rings. The zero-order chi connectivity index (χ0) is 36.5. The molecule has 0 amide bonds. The Morgan fingerprint density at radius 1 is 0.940 bits per heavy atom. The fraction of sp³-hybridized carbons (Fsp3) is 0.522. The number of ketones is 1. The number of aliphatic hydroxyl groups is 1. The van der Waals surface area contributed by atoms with E-state index in [-0.39, 0.29) is 37.1 Å². The van der Waals surface area contributed by atoms with Gasteiger partial charge in [0.25, 0.3) is 0 Å². The van der Waals surface area contributed by atoms with Gasteiger partial charge in [-0.2, -0.15) is 0 Å². The van der Waals surface area contributed by atoms with Crippen LogP contribution in [-0.2, 0) is 30.3 Å². The number of hydrogen-bond donors (Lipinski definition) is 1. The standard InChI is InChI=1S/C35H42N.C11H20O2.Ir/c1-22-14-23(2)32-28(26-19-34(6,7)21-35(8,9)20-26)18-30(36-31(32)15-22)25-16-24-12-10-11-13-27(24)29(17-25)33(3,4)5;1-8(2)5-10(12)7-11(13)6-9(3)4;/h10-15,17-18,26H,19-21H2,1-9H3;7-9,12H,5-6H2,1-4H3;/q-1;;/b;10-7-;. The van der Waals surface area contributed by atoms with Crippen LogP contribution in [0.5, 0.6) is 0 Å². The predicted octanol–water partition coefficient (Wildman–Crippen LogP) is 13.2. The molecule has 1 fully saturated rings. The molecule has 0 bridgehead atoms. The third-order valence-corrected chi connectivity index (χ3v) is 9.69. The number of pyridine rings is 1. The second-order valence-corrected chi connectivity index (χ2v) is 18.4. The molecular weight excluding hydrogens is 791 g/mol. The van der Waals surface area contributed by atoms with E-state index >= 15 is 0 Å². The molecule has 0 spiro atoms. The maximum absolute atomic E-state index is 11.2. The van der Waals surface area contributed by atoms with Gasteiger partial charge in [0.15, 0.2) is 5.78 Å². The molecule has 1 aliphatic carbocycles. The van der Waals surface area contributed by atoms with Crippen LogP contribution in [0.15, 0.2) is 60.4 Å². The number of rotatable bonds is 7. The molecule has 3 nitrogen and oxygen atoms in total. The number of hydrogen-bond acceptors (Lipinski definition) is 3. The third kappa shape index (κ3) is 10.8. The van der Waals surface area contributed by atoms with Crippen molar-refractivity contribution in [3.63, 3.8) is 0 Å². The van der Waals surface area contributed by atoms with E-state index in [1.54, 1.807) is 0 Å². The van der Waals surface area contributed by atoms with Crippen LogP contribution in [0.2, 0.25) is 0 Å². The van der Waals surface area contributed by atoms with E-state index < -0.39 is 0 Å². The molecule has 5 rings (SSSR count). The number of fused-ring (bicyclic) bond motifs is 2. The molecule has 1 saturated carbocycles. The van der Waals surface area contributed by atoms with Crippen molar-refractivity contribution in [2.45, 2.75) is 133 Å². The smallest absolute Gasteiger partial charge is 0.159 e. The minimum atomic E-state index is 0. The third-order valence-electron chi connectivity index (χ3n) is 9.69. The van der Waals surface area contributed by atoms with Gasteiger partial charge in [-0.3, -0.25) is 9.78 Å². The average Bonchev–Trinajstić information content (AvgIpc) is 2.93. The molecule has 0 aliphatic heterocycles. The van der Waals surface area contributed by atoms with E-state index in [1.165, 1.54) is 63.8 Å². The summed E-state index contributed by atoms with van der Waals surface area (Å²) in [6.45, 7) is 29.2. The molecule has 1 aromatic heterocycles. The van der Waals surface area contributed by atoms with Crippen molar-refractivity contribution < 1.29 is 30.0 Å². The van der Waals surface area contributed by atoms with Crippen LogP contribution in [0.4, 0.5) is 0 Å². The first kappa shape index (κ1) is 41.6. The van der Waals surface area contributed by atoms with Gasteiger partial charge < -0.3 is 5.11 Å². The summed E-state index contributed by atoms with van der Waals surface area (Å²) < 4.78 is 0. The van der Waals surface area contributed by atoms with Crippen LogP contribution in [0, 0.1) is 42.6 Å². The van der Waals surface area contributed by atoms with Gasteiger partial charge in [0.05, 0.1) is 11.3 Å². The van der Waals surface area contributed by atoms with E-state index in [2.05, 4.69) is 117 Å². The number of aromatic nitrogens is 1. The maximum Gasteiger partial charge on any atom is 0.159 e. The SMILES string of the molecule is CC(C)CC(=O)/C=C(\O)CC(C)C.Cc1cc(C)c2c(C3CC(C)(C)CC(C)(C)C3)cc(-c3[c-]c4ccccc4c(C(C)(C)C)c3)nc2c1.[Ir]. The number of nitrogens with zero attached hydrogens (tertiary/aromatic N) is 1. The van der Waals surface area contributed by atoms with Crippen LogP contribution < -0.4 is 0 Å². The molecule has 1 heterocycles. The summed E-state index contributed by atoms with van der Waals surface area (Å²) in [5.74, 6) is 1.50. The Morgan fingerprint density at radius 2 is 1.54 bits per heavy atom. The summed E-state index contributed by atoms with van der Waals surface area (Å²) in [6, 6.07) is 21.8. The Labute approximate surface area is 317 Å². The molecule has 4 heteroatoms. The van der Waals surface area contributed by atoms with E-state index in [0.29, 0.717) is 41.4 Å². The van der Waals surface area contributed by atoms with Crippen molar-refractivity contribution >= 4 is 27.5 Å². The molecule has 1 N–H and O–H groups in total. The summed E-state index contributed by atoms with van der Waals surface area (Å²) in [7, 11) is 0. The fourth-order valence-corrected chi connectivity index (χ4v) is 8.43. The fourth-order valence-electron chi connectivity index (χ4n) is 8.43.